The number of rotatable bonds is 6. The van der Waals surface area contributed by atoms with Crippen molar-refractivity contribution >= 4 is 22.6 Å². The van der Waals surface area contributed by atoms with E-state index >= 15 is 0 Å². The molecule has 0 saturated carbocycles. The van der Waals surface area contributed by atoms with Crippen LogP contribution in [0.1, 0.15) is 15.9 Å². The molecule has 30 heavy (non-hydrogen) atoms. The van der Waals surface area contributed by atoms with E-state index < -0.39 is 11.5 Å². The molecule has 0 atom stereocenters. The molecule has 1 N–H and O–H groups in total. The van der Waals surface area contributed by atoms with Gasteiger partial charge in [-0.15, -0.1) is 0 Å². The third-order valence-corrected chi connectivity index (χ3v) is 4.55. The molecule has 0 bridgehead atoms. The zero-order valence-electron chi connectivity index (χ0n) is 16.3. The SMILES string of the molecule is COc1ccc2cc(C(=O)Nc3ccc(OCc4ccccc4)cc3)c(=O)oc2c1. The number of benzene rings is 3. The summed E-state index contributed by atoms with van der Waals surface area (Å²) in [5.41, 5.74) is 1.18. The molecule has 0 unspecified atom stereocenters. The lowest BCUT2D eigenvalue weighted by molar-refractivity contribution is 0.102. The molecule has 0 aliphatic heterocycles. The summed E-state index contributed by atoms with van der Waals surface area (Å²) in [6.07, 6.45) is 0. The van der Waals surface area contributed by atoms with Gasteiger partial charge in [0.1, 0.15) is 29.3 Å². The predicted octanol–water partition coefficient (Wildman–Crippen LogP) is 4.63. The van der Waals surface area contributed by atoms with Gasteiger partial charge in [0.25, 0.3) is 5.91 Å². The topological polar surface area (TPSA) is 77.8 Å². The number of anilines is 1. The molecule has 150 valence electrons. The summed E-state index contributed by atoms with van der Waals surface area (Å²) >= 11 is 0. The van der Waals surface area contributed by atoms with Crippen molar-refractivity contribution in [1.29, 1.82) is 0 Å². The van der Waals surface area contributed by atoms with Crippen LogP contribution in [0.2, 0.25) is 0 Å². The molecule has 0 aliphatic rings. The summed E-state index contributed by atoms with van der Waals surface area (Å²) in [5, 5.41) is 3.34. The number of hydrogen-bond donors (Lipinski definition) is 1. The van der Waals surface area contributed by atoms with Crippen LogP contribution in [-0.2, 0) is 6.61 Å². The average molecular weight is 401 g/mol. The molecular formula is C24H19NO5. The Labute approximate surface area is 172 Å². The quantitative estimate of drug-likeness (QED) is 0.477. The molecule has 6 nitrogen and oxygen atoms in total. The molecule has 4 aromatic rings. The maximum atomic E-state index is 12.6. The van der Waals surface area contributed by atoms with E-state index in [1.807, 2.05) is 30.3 Å². The predicted molar refractivity (Wildman–Crippen MR) is 114 cm³/mol. The van der Waals surface area contributed by atoms with E-state index in [1.165, 1.54) is 13.2 Å². The molecule has 0 radical (unpaired) electrons. The van der Waals surface area contributed by atoms with Crippen LogP contribution in [0.4, 0.5) is 5.69 Å². The largest absolute Gasteiger partial charge is 0.497 e. The second-order valence-corrected chi connectivity index (χ2v) is 6.60. The second kappa shape index (κ2) is 8.53. The fraction of sp³-hybridized carbons (Fsp3) is 0.0833. The van der Waals surface area contributed by atoms with Gasteiger partial charge in [-0.1, -0.05) is 30.3 Å². The Morgan fingerprint density at radius 3 is 2.40 bits per heavy atom. The summed E-state index contributed by atoms with van der Waals surface area (Å²) in [4.78, 5) is 24.8. The highest BCUT2D eigenvalue weighted by Crippen LogP contribution is 2.21. The van der Waals surface area contributed by atoms with Crippen molar-refractivity contribution in [2.24, 2.45) is 0 Å². The van der Waals surface area contributed by atoms with Gasteiger partial charge in [0.05, 0.1) is 7.11 Å². The van der Waals surface area contributed by atoms with Crippen molar-refractivity contribution in [3.8, 4) is 11.5 Å². The molecule has 0 spiro atoms. The summed E-state index contributed by atoms with van der Waals surface area (Å²) in [5.74, 6) is 0.702. The number of amides is 1. The van der Waals surface area contributed by atoms with Crippen molar-refractivity contribution in [3.63, 3.8) is 0 Å². The first kappa shape index (κ1) is 19.3. The number of ether oxygens (including phenoxy) is 2. The Morgan fingerprint density at radius 2 is 1.67 bits per heavy atom. The van der Waals surface area contributed by atoms with E-state index in [9.17, 15) is 9.59 Å². The van der Waals surface area contributed by atoms with Crippen LogP contribution in [0.15, 0.2) is 88.1 Å². The number of carbonyl (C=O) groups excluding carboxylic acids is 1. The fourth-order valence-corrected chi connectivity index (χ4v) is 2.95. The van der Waals surface area contributed by atoms with Gasteiger partial charge in [0, 0.05) is 17.1 Å². The van der Waals surface area contributed by atoms with Gasteiger partial charge in [-0.3, -0.25) is 4.79 Å². The van der Waals surface area contributed by atoms with E-state index in [0.29, 0.717) is 34.8 Å². The third-order valence-electron chi connectivity index (χ3n) is 4.55. The lowest BCUT2D eigenvalue weighted by Gasteiger charge is -2.09. The van der Waals surface area contributed by atoms with Gasteiger partial charge in [0.2, 0.25) is 0 Å². The summed E-state index contributed by atoms with van der Waals surface area (Å²) < 4.78 is 16.1. The van der Waals surface area contributed by atoms with Crippen molar-refractivity contribution in [1.82, 2.24) is 0 Å². The van der Waals surface area contributed by atoms with Crippen LogP contribution in [-0.4, -0.2) is 13.0 Å². The minimum Gasteiger partial charge on any atom is -0.497 e. The fourth-order valence-electron chi connectivity index (χ4n) is 2.95. The first-order valence-corrected chi connectivity index (χ1v) is 9.32. The Balaban J connectivity index is 1.45. The van der Waals surface area contributed by atoms with Crippen LogP contribution < -0.4 is 20.4 Å². The molecule has 0 saturated heterocycles. The molecule has 1 amide bonds. The maximum absolute atomic E-state index is 12.6. The normalized spacial score (nSPS) is 10.6. The van der Waals surface area contributed by atoms with Crippen molar-refractivity contribution in [2.75, 3.05) is 12.4 Å². The smallest absolute Gasteiger partial charge is 0.349 e. The molecule has 0 fully saturated rings. The van der Waals surface area contributed by atoms with Crippen LogP contribution in [0, 0.1) is 0 Å². The Hall–Kier alpha value is -4.06. The average Bonchev–Trinajstić information content (AvgIpc) is 2.78. The third kappa shape index (κ3) is 4.33. The molecule has 4 rings (SSSR count). The van der Waals surface area contributed by atoms with Gasteiger partial charge >= 0.3 is 5.63 Å². The van der Waals surface area contributed by atoms with E-state index in [0.717, 1.165) is 5.56 Å². The highest BCUT2D eigenvalue weighted by Gasteiger charge is 2.14. The summed E-state index contributed by atoms with van der Waals surface area (Å²) in [6.45, 7) is 0.454. The van der Waals surface area contributed by atoms with E-state index in [1.54, 1.807) is 42.5 Å². The standard InChI is InChI=1S/C24H19NO5/c1-28-20-10-7-17-13-21(24(27)30-22(17)14-20)23(26)25-18-8-11-19(12-9-18)29-15-16-5-3-2-4-6-16/h2-14H,15H2,1H3,(H,25,26). The van der Waals surface area contributed by atoms with Crippen molar-refractivity contribution < 1.29 is 18.7 Å². The van der Waals surface area contributed by atoms with Crippen LogP contribution >= 0.6 is 0 Å². The first-order valence-electron chi connectivity index (χ1n) is 9.32. The monoisotopic (exact) mass is 401 g/mol. The van der Waals surface area contributed by atoms with Gasteiger partial charge in [0.15, 0.2) is 0 Å². The van der Waals surface area contributed by atoms with Gasteiger partial charge < -0.3 is 19.2 Å². The zero-order chi connectivity index (χ0) is 20.9. The minimum atomic E-state index is -0.712. The maximum Gasteiger partial charge on any atom is 0.349 e. The van der Waals surface area contributed by atoms with Gasteiger partial charge in [-0.2, -0.15) is 0 Å². The number of carbonyl (C=O) groups is 1. The van der Waals surface area contributed by atoms with Crippen LogP contribution in [0.5, 0.6) is 11.5 Å². The van der Waals surface area contributed by atoms with Crippen molar-refractivity contribution in [2.45, 2.75) is 6.61 Å². The Kier molecular flexibility index (Phi) is 5.48. The van der Waals surface area contributed by atoms with E-state index in [-0.39, 0.29) is 5.56 Å². The molecular weight excluding hydrogens is 382 g/mol. The van der Waals surface area contributed by atoms with Crippen LogP contribution in [0.25, 0.3) is 11.0 Å². The lowest BCUT2D eigenvalue weighted by Crippen LogP contribution is -2.20. The number of methoxy groups -OCH3 is 1. The molecule has 1 aromatic heterocycles. The Bertz CT molecular complexity index is 1230. The lowest BCUT2D eigenvalue weighted by atomic mass is 10.1. The summed E-state index contributed by atoms with van der Waals surface area (Å²) in [7, 11) is 1.53. The number of nitrogens with one attached hydrogen (secondary N) is 1. The van der Waals surface area contributed by atoms with E-state index in [2.05, 4.69) is 5.32 Å². The molecule has 6 heteroatoms. The number of fused-ring (bicyclic) bond motifs is 1. The van der Waals surface area contributed by atoms with Gasteiger partial charge in [-0.05, 0) is 48.0 Å². The molecule has 3 aromatic carbocycles. The Morgan fingerprint density at radius 1 is 0.933 bits per heavy atom. The first-order chi connectivity index (χ1) is 14.6. The zero-order valence-corrected chi connectivity index (χ0v) is 16.3. The van der Waals surface area contributed by atoms with Gasteiger partial charge in [-0.25, -0.2) is 4.79 Å². The number of hydrogen-bond acceptors (Lipinski definition) is 5. The second-order valence-electron chi connectivity index (χ2n) is 6.60. The molecule has 0 aliphatic carbocycles. The minimum absolute atomic E-state index is 0.0722. The highest BCUT2D eigenvalue weighted by molar-refractivity contribution is 6.05. The van der Waals surface area contributed by atoms with Crippen molar-refractivity contribution in [3.05, 3.63) is 100 Å². The highest BCUT2D eigenvalue weighted by atomic mass is 16.5. The van der Waals surface area contributed by atoms with E-state index in [4.69, 9.17) is 13.9 Å². The molecule has 1 heterocycles. The van der Waals surface area contributed by atoms with Crippen LogP contribution in [0.3, 0.4) is 0 Å². The summed E-state index contributed by atoms with van der Waals surface area (Å²) in [6, 6.07) is 23.4.